The van der Waals surface area contributed by atoms with Gasteiger partial charge in [-0.3, -0.25) is 9.18 Å². The van der Waals surface area contributed by atoms with Gasteiger partial charge in [0.1, 0.15) is 18.4 Å². The van der Waals surface area contributed by atoms with E-state index in [0.29, 0.717) is 30.9 Å². The molecular formula is C38H56FNO9. The van der Waals surface area contributed by atoms with Gasteiger partial charge >= 0.3 is 11.9 Å². The molecule has 274 valence electrons. The Morgan fingerprint density at radius 3 is 2.24 bits per heavy atom. The van der Waals surface area contributed by atoms with Crippen LogP contribution in [0.4, 0.5) is 4.39 Å². The zero-order chi connectivity index (χ0) is 36.0. The van der Waals surface area contributed by atoms with E-state index in [1.165, 1.54) is 38.9 Å². The third-order valence-corrected chi connectivity index (χ3v) is 8.78. The molecule has 3 atom stereocenters. The molecule has 1 heterocycles. The molecule has 0 unspecified atom stereocenters. The highest BCUT2D eigenvalue weighted by Gasteiger charge is 2.47. The first-order valence-corrected chi connectivity index (χ1v) is 17.6. The summed E-state index contributed by atoms with van der Waals surface area (Å²) < 4.78 is 35.9. The number of benzene rings is 1. The number of carbonyl (C=O) groups excluding carboxylic acids is 2. The fraction of sp³-hybridized carbons (Fsp3) is 0.658. The minimum Gasteiger partial charge on any atom is -0.481 e. The summed E-state index contributed by atoms with van der Waals surface area (Å²) in [7, 11) is 1.17. The number of carboxylic acids is 1. The second kappa shape index (κ2) is 23.0. The molecule has 11 heteroatoms. The average Bonchev–Trinajstić information content (AvgIpc) is 3.56. The third kappa shape index (κ3) is 14.5. The highest BCUT2D eigenvalue weighted by molar-refractivity contribution is 5.92. The van der Waals surface area contributed by atoms with Crippen molar-refractivity contribution in [2.45, 2.75) is 121 Å². The Bertz CT molecular complexity index is 1220. The molecule has 1 aliphatic rings. The van der Waals surface area contributed by atoms with Gasteiger partial charge in [0.15, 0.2) is 11.4 Å². The van der Waals surface area contributed by atoms with Gasteiger partial charge in [0.2, 0.25) is 5.91 Å². The number of hydrogen-bond acceptors (Lipinski definition) is 8. The SMILES string of the molecule is CC#CCOc1ccc(C[C@H](NC(=O)[C@@H](/C=C/CCCCCCC2(CCCCCCC)OCCO2)[C@@](O)(CCF)C(=O)O)C(=O)OC)cc1. The molecule has 0 aromatic heterocycles. The Balaban J connectivity index is 2.00. The van der Waals surface area contributed by atoms with E-state index in [9.17, 15) is 29.0 Å². The van der Waals surface area contributed by atoms with Gasteiger partial charge < -0.3 is 34.5 Å². The fourth-order valence-corrected chi connectivity index (χ4v) is 5.90. The predicted molar refractivity (Wildman–Crippen MR) is 185 cm³/mol. The summed E-state index contributed by atoms with van der Waals surface area (Å²) >= 11 is 0. The van der Waals surface area contributed by atoms with Gasteiger partial charge in [0, 0.05) is 25.7 Å². The number of carbonyl (C=O) groups is 3. The molecule has 0 aliphatic carbocycles. The summed E-state index contributed by atoms with van der Waals surface area (Å²) in [5.41, 5.74) is -2.05. The first-order valence-electron chi connectivity index (χ1n) is 17.6. The number of amides is 1. The molecule has 3 N–H and O–H groups in total. The van der Waals surface area contributed by atoms with Gasteiger partial charge in [-0.1, -0.05) is 75.7 Å². The van der Waals surface area contributed by atoms with Crippen molar-refractivity contribution in [1.82, 2.24) is 5.32 Å². The first kappa shape index (κ1) is 41.7. The summed E-state index contributed by atoms with van der Waals surface area (Å²) in [5, 5.41) is 23.4. The Kier molecular flexibility index (Phi) is 19.6. The minimum absolute atomic E-state index is 0.0225. The molecule has 1 amide bonds. The number of aliphatic hydroxyl groups is 1. The van der Waals surface area contributed by atoms with Gasteiger partial charge in [-0.15, -0.1) is 5.92 Å². The lowest BCUT2D eigenvalue weighted by Crippen LogP contribution is -2.55. The monoisotopic (exact) mass is 689 g/mol. The highest BCUT2D eigenvalue weighted by atomic mass is 19.1. The predicted octanol–water partition coefficient (Wildman–Crippen LogP) is 6.08. The number of rotatable bonds is 25. The normalized spacial score (nSPS) is 16.3. The number of ether oxygens (including phenoxy) is 4. The van der Waals surface area contributed by atoms with Crippen molar-refractivity contribution in [1.29, 1.82) is 0 Å². The topological polar surface area (TPSA) is 141 Å². The standard InChI is InChI=1S/C38H56FNO9/c1-4-6-8-12-15-22-37(48-27-28-49-37)23-16-13-10-9-11-14-17-32(38(45,24-25-39)36(43)44)34(41)40-33(35(42)46-3)29-30-18-20-31(21-19-30)47-26-7-5-2/h14,17-21,32-33,45H,4,6,8-13,15-16,22-29H2,1-3H3,(H,40,41)(H,43,44)/b17-14+/t32-,33+,38+/m1/s1. The van der Waals surface area contributed by atoms with Crippen LogP contribution in [0.5, 0.6) is 5.75 Å². The van der Waals surface area contributed by atoms with Crippen molar-refractivity contribution >= 4 is 17.8 Å². The lowest BCUT2D eigenvalue weighted by molar-refractivity contribution is -0.168. The number of methoxy groups -OCH3 is 1. The quantitative estimate of drug-likeness (QED) is 0.0482. The lowest BCUT2D eigenvalue weighted by atomic mass is 9.83. The van der Waals surface area contributed by atoms with Crippen LogP contribution in [0.15, 0.2) is 36.4 Å². The van der Waals surface area contributed by atoms with E-state index in [1.54, 1.807) is 37.3 Å². The zero-order valence-corrected chi connectivity index (χ0v) is 29.5. The van der Waals surface area contributed by atoms with Crippen molar-refractivity contribution in [2.75, 3.05) is 33.6 Å². The Morgan fingerprint density at radius 2 is 1.67 bits per heavy atom. The van der Waals surface area contributed by atoms with E-state index >= 15 is 0 Å². The molecule has 0 bridgehead atoms. The molecule has 0 radical (unpaired) electrons. The molecule has 1 aromatic carbocycles. The van der Waals surface area contributed by atoms with Crippen LogP contribution in [0.3, 0.4) is 0 Å². The van der Waals surface area contributed by atoms with E-state index in [1.807, 2.05) is 0 Å². The molecule has 49 heavy (non-hydrogen) atoms. The molecule has 1 aliphatic heterocycles. The summed E-state index contributed by atoms with van der Waals surface area (Å²) in [6, 6.07) is 5.63. The minimum atomic E-state index is -2.72. The van der Waals surface area contributed by atoms with Gasteiger partial charge in [-0.05, 0) is 50.3 Å². The second-order valence-corrected chi connectivity index (χ2v) is 12.4. The van der Waals surface area contributed by atoms with Gasteiger partial charge in [0.05, 0.1) is 32.9 Å². The molecule has 1 fully saturated rings. The van der Waals surface area contributed by atoms with Crippen LogP contribution in [0.25, 0.3) is 0 Å². The number of esters is 1. The van der Waals surface area contributed by atoms with Crippen LogP contribution in [-0.2, 0) is 35.0 Å². The van der Waals surface area contributed by atoms with E-state index in [0.717, 1.165) is 44.9 Å². The van der Waals surface area contributed by atoms with Crippen LogP contribution >= 0.6 is 0 Å². The van der Waals surface area contributed by atoms with Crippen molar-refractivity contribution in [3.63, 3.8) is 0 Å². The Morgan fingerprint density at radius 1 is 1.04 bits per heavy atom. The third-order valence-electron chi connectivity index (χ3n) is 8.78. The van der Waals surface area contributed by atoms with E-state index in [4.69, 9.17) is 18.9 Å². The first-order chi connectivity index (χ1) is 23.6. The number of nitrogens with one attached hydrogen (secondary N) is 1. The lowest BCUT2D eigenvalue weighted by Gasteiger charge is -2.30. The molecule has 0 spiro atoms. The second-order valence-electron chi connectivity index (χ2n) is 12.4. The zero-order valence-electron chi connectivity index (χ0n) is 29.5. The van der Waals surface area contributed by atoms with Crippen LogP contribution in [0, 0.1) is 17.8 Å². The molecule has 10 nitrogen and oxygen atoms in total. The van der Waals surface area contributed by atoms with E-state index in [2.05, 4.69) is 24.1 Å². The van der Waals surface area contributed by atoms with E-state index < -0.39 is 54.3 Å². The maximum Gasteiger partial charge on any atom is 0.336 e. The maximum atomic E-state index is 13.5. The number of unbranched alkanes of at least 4 members (excludes halogenated alkanes) is 8. The summed E-state index contributed by atoms with van der Waals surface area (Å²) in [4.78, 5) is 38.3. The van der Waals surface area contributed by atoms with Crippen molar-refractivity contribution in [3.8, 4) is 17.6 Å². The van der Waals surface area contributed by atoms with Crippen molar-refractivity contribution in [2.24, 2.45) is 5.92 Å². The van der Waals surface area contributed by atoms with Crippen LogP contribution in [0.1, 0.15) is 103 Å². The fourth-order valence-electron chi connectivity index (χ4n) is 5.90. The smallest absolute Gasteiger partial charge is 0.336 e. The Hall–Kier alpha value is -3.46. The molecule has 1 saturated heterocycles. The average molecular weight is 690 g/mol. The molecular weight excluding hydrogens is 633 g/mol. The number of halogens is 1. The molecule has 1 aromatic rings. The number of alkyl halides is 1. The van der Waals surface area contributed by atoms with Crippen LogP contribution in [-0.4, -0.2) is 79.1 Å². The van der Waals surface area contributed by atoms with Crippen LogP contribution < -0.4 is 10.1 Å². The van der Waals surface area contributed by atoms with Gasteiger partial charge in [-0.25, -0.2) is 9.59 Å². The summed E-state index contributed by atoms with van der Waals surface area (Å²) in [6.45, 7) is 4.22. The highest BCUT2D eigenvalue weighted by Crippen LogP contribution is 2.32. The Labute approximate surface area is 291 Å². The number of aliphatic carboxylic acids is 1. The van der Waals surface area contributed by atoms with Gasteiger partial charge in [0.25, 0.3) is 0 Å². The number of hydrogen-bond donors (Lipinski definition) is 3. The number of allylic oxidation sites excluding steroid dienone is 1. The van der Waals surface area contributed by atoms with Crippen LogP contribution in [0.2, 0.25) is 0 Å². The summed E-state index contributed by atoms with van der Waals surface area (Å²) in [6.07, 6.45) is 13.9. The van der Waals surface area contributed by atoms with Crippen molar-refractivity contribution < 1.29 is 47.9 Å². The van der Waals surface area contributed by atoms with E-state index in [-0.39, 0.29) is 13.0 Å². The summed E-state index contributed by atoms with van der Waals surface area (Å²) in [5.74, 6) is 0.550. The maximum absolute atomic E-state index is 13.5. The molecule has 0 saturated carbocycles. The largest absolute Gasteiger partial charge is 0.481 e. The molecule has 2 rings (SSSR count). The van der Waals surface area contributed by atoms with Gasteiger partial charge in [-0.2, -0.15) is 0 Å². The number of carboxylic acid groups (broad SMARTS) is 1. The van der Waals surface area contributed by atoms with Crippen molar-refractivity contribution in [3.05, 3.63) is 42.0 Å².